The summed E-state index contributed by atoms with van der Waals surface area (Å²) >= 11 is 0. The van der Waals surface area contributed by atoms with E-state index in [9.17, 15) is 0 Å². The van der Waals surface area contributed by atoms with Crippen LogP contribution in [0.4, 0.5) is 0 Å². The van der Waals surface area contributed by atoms with Crippen molar-refractivity contribution >= 4 is 32.3 Å². The van der Waals surface area contributed by atoms with E-state index in [0.717, 1.165) is 33.3 Å². The van der Waals surface area contributed by atoms with Crippen LogP contribution < -0.4 is 0 Å². The molecule has 0 N–H and O–H groups in total. The fourth-order valence-corrected chi connectivity index (χ4v) is 4.44. The second-order valence-electron chi connectivity index (χ2n) is 8.57. The van der Waals surface area contributed by atoms with E-state index in [2.05, 4.69) is 111 Å². The minimum Gasteiger partial charge on any atom is -0.149 e. The third-order valence-corrected chi connectivity index (χ3v) is 6.25. The zero-order chi connectivity index (χ0) is 21.7. The highest BCUT2D eigenvalue weighted by Crippen LogP contribution is 2.36. The zero-order valence-electron chi connectivity index (χ0n) is 18.1. The van der Waals surface area contributed by atoms with Gasteiger partial charge >= 0.3 is 0 Å². The van der Waals surface area contributed by atoms with Crippen LogP contribution in [0.2, 0.25) is 0 Å². The fraction of sp³-hybridized carbons (Fsp3) is 0.0667. The SMILES string of the molecule is Cc1ccc(-c2nnc(-c3ccc(C)cc3)c3cc4cc5ccccc5cc4cc23)cc1. The molecule has 0 saturated heterocycles. The normalized spacial score (nSPS) is 11.4. The molecule has 0 aliphatic carbocycles. The topological polar surface area (TPSA) is 25.8 Å². The van der Waals surface area contributed by atoms with Crippen molar-refractivity contribution in [2.24, 2.45) is 0 Å². The van der Waals surface area contributed by atoms with Crippen molar-refractivity contribution in [3.05, 3.63) is 108 Å². The average molecular weight is 411 g/mol. The van der Waals surface area contributed by atoms with Gasteiger partial charge in [0.2, 0.25) is 0 Å². The van der Waals surface area contributed by atoms with Gasteiger partial charge in [0.05, 0.1) is 0 Å². The van der Waals surface area contributed by atoms with Gasteiger partial charge in [-0.3, -0.25) is 0 Å². The molecule has 152 valence electrons. The average Bonchev–Trinajstić information content (AvgIpc) is 2.82. The van der Waals surface area contributed by atoms with Gasteiger partial charge < -0.3 is 0 Å². The fourth-order valence-electron chi connectivity index (χ4n) is 4.44. The molecule has 0 bridgehead atoms. The molecule has 0 aliphatic heterocycles. The summed E-state index contributed by atoms with van der Waals surface area (Å²) in [6, 6.07) is 34.7. The lowest BCUT2D eigenvalue weighted by molar-refractivity contribution is 1.06. The molecule has 0 unspecified atom stereocenters. The number of nitrogens with zero attached hydrogens (tertiary/aromatic N) is 2. The summed E-state index contributed by atoms with van der Waals surface area (Å²) in [5, 5.41) is 16.6. The predicted octanol–water partition coefficient (Wildman–Crippen LogP) is 7.89. The molecule has 0 fully saturated rings. The molecular weight excluding hydrogens is 388 g/mol. The summed E-state index contributed by atoms with van der Waals surface area (Å²) in [6.07, 6.45) is 0. The van der Waals surface area contributed by atoms with E-state index in [1.165, 1.54) is 32.7 Å². The summed E-state index contributed by atoms with van der Waals surface area (Å²) in [7, 11) is 0. The molecule has 0 saturated carbocycles. The number of fused-ring (bicyclic) bond motifs is 3. The first-order valence-corrected chi connectivity index (χ1v) is 10.9. The zero-order valence-corrected chi connectivity index (χ0v) is 18.1. The summed E-state index contributed by atoms with van der Waals surface area (Å²) in [4.78, 5) is 0. The smallest absolute Gasteiger partial charge is 0.101 e. The molecule has 2 heteroatoms. The van der Waals surface area contributed by atoms with Crippen LogP contribution in [0.1, 0.15) is 11.1 Å². The second kappa shape index (κ2) is 7.28. The Kier molecular flexibility index (Phi) is 4.26. The van der Waals surface area contributed by atoms with Crippen molar-refractivity contribution in [2.75, 3.05) is 0 Å². The minimum absolute atomic E-state index is 0.922. The molecule has 1 aromatic heterocycles. The van der Waals surface area contributed by atoms with Crippen molar-refractivity contribution in [3.63, 3.8) is 0 Å². The molecule has 0 atom stereocenters. The van der Waals surface area contributed by atoms with Crippen molar-refractivity contribution < 1.29 is 0 Å². The molecule has 5 aromatic carbocycles. The molecule has 1 heterocycles. The van der Waals surface area contributed by atoms with Gasteiger partial charge in [-0.25, -0.2) is 0 Å². The lowest BCUT2D eigenvalue weighted by Gasteiger charge is -2.12. The first kappa shape index (κ1) is 18.7. The Bertz CT molecular complexity index is 1490. The van der Waals surface area contributed by atoms with Crippen molar-refractivity contribution in [2.45, 2.75) is 13.8 Å². The van der Waals surface area contributed by atoms with Crippen LogP contribution in [-0.4, -0.2) is 10.2 Å². The summed E-state index contributed by atoms with van der Waals surface area (Å²) in [5.74, 6) is 0. The quantitative estimate of drug-likeness (QED) is 0.271. The van der Waals surface area contributed by atoms with Crippen LogP contribution in [0.15, 0.2) is 97.1 Å². The van der Waals surface area contributed by atoms with E-state index in [-0.39, 0.29) is 0 Å². The van der Waals surface area contributed by atoms with E-state index in [1.54, 1.807) is 0 Å². The van der Waals surface area contributed by atoms with E-state index >= 15 is 0 Å². The Hall–Kier alpha value is -4.04. The predicted molar refractivity (Wildman–Crippen MR) is 135 cm³/mol. The molecule has 6 aromatic rings. The number of benzene rings is 5. The number of rotatable bonds is 2. The van der Waals surface area contributed by atoms with E-state index in [4.69, 9.17) is 10.2 Å². The lowest BCUT2D eigenvalue weighted by atomic mass is 9.95. The van der Waals surface area contributed by atoms with Crippen molar-refractivity contribution in [1.82, 2.24) is 10.2 Å². The van der Waals surface area contributed by atoms with Crippen LogP contribution >= 0.6 is 0 Å². The standard InChI is InChI=1S/C30H22N2/c1-19-7-11-21(12-8-19)29-27-17-25-15-23-5-3-4-6-24(23)16-26(25)18-28(27)30(32-31-29)22-13-9-20(2)10-14-22/h3-18H,1-2H3. The largest absolute Gasteiger partial charge is 0.149 e. The third-order valence-electron chi connectivity index (χ3n) is 6.25. The van der Waals surface area contributed by atoms with E-state index in [1.807, 2.05) is 0 Å². The van der Waals surface area contributed by atoms with Crippen LogP contribution in [0.3, 0.4) is 0 Å². The summed E-state index contributed by atoms with van der Waals surface area (Å²) in [6.45, 7) is 4.21. The maximum atomic E-state index is 4.72. The molecule has 0 radical (unpaired) electrons. The van der Waals surface area contributed by atoms with Gasteiger partial charge in [-0.05, 0) is 59.7 Å². The Balaban J connectivity index is 1.70. The summed E-state index contributed by atoms with van der Waals surface area (Å²) < 4.78 is 0. The number of hydrogen-bond donors (Lipinski definition) is 0. The first-order chi connectivity index (χ1) is 15.7. The van der Waals surface area contributed by atoms with Crippen LogP contribution in [0, 0.1) is 13.8 Å². The van der Waals surface area contributed by atoms with Gasteiger partial charge in [0.15, 0.2) is 0 Å². The molecule has 2 nitrogen and oxygen atoms in total. The Morgan fingerprint density at radius 1 is 0.438 bits per heavy atom. The van der Waals surface area contributed by atoms with E-state index in [0.29, 0.717) is 0 Å². The number of aryl methyl sites for hydroxylation is 2. The number of aromatic nitrogens is 2. The molecule has 0 aliphatic rings. The van der Waals surface area contributed by atoms with Crippen molar-refractivity contribution in [3.8, 4) is 22.5 Å². The monoisotopic (exact) mass is 410 g/mol. The van der Waals surface area contributed by atoms with Crippen molar-refractivity contribution in [1.29, 1.82) is 0 Å². The van der Waals surface area contributed by atoms with Gasteiger partial charge in [0.1, 0.15) is 11.4 Å². The molecule has 32 heavy (non-hydrogen) atoms. The Morgan fingerprint density at radius 3 is 1.25 bits per heavy atom. The second-order valence-corrected chi connectivity index (χ2v) is 8.57. The Labute approximate surface area is 187 Å². The Morgan fingerprint density at radius 2 is 0.844 bits per heavy atom. The van der Waals surface area contributed by atoms with Gasteiger partial charge in [-0.1, -0.05) is 83.9 Å². The molecular formula is C30H22N2. The summed E-state index contributed by atoms with van der Waals surface area (Å²) in [5.41, 5.74) is 6.49. The molecule has 0 amide bonds. The van der Waals surface area contributed by atoms with Crippen LogP contribution in [0.5, 0.6) is 0 Å². The highest BCUT2D eigenvalue weighted by atomic mass is 15.1. The first-order valence-electron chi connectivity index (χ1n) is 10.9. The van der Waals surface area contributed by atoms with Crippen LogP contribution in [0.25, 0.3) is 54.8 Å². The maximum Gasteiger partial charge on any atom is 0.101 e. The van der Waals surface area contributed by atoms with Gasteiger partial charge in [0, 0.05) is 21.9 Å². The highest BCUT2D eigenvalue weighted by Gasteiger charge is 2.14. The van der Waals surface area contributed by atoms with Gasteiger partial charge in [0.25, 0.3) is 0 Å². The van der Waals surface area contributed by atoms with Gasteiger partial charge in [-0.2, -0.15) is 0 Å². The lowest BCUT2D eigenvalue weighted by Crippen LogP contribution is -1.95. The van der Waals surface area contributed by atoms with Crippen LogP contribution in [-0.2, 0) is 0 Å². The maximum absolute atomic E-state index is 4.72. The molecule has 6 rings (SSSR count). The van der Waals surface area contributed by atoms with Gasteiger partial charge in [-0.15, -0.1) is 10.2 Å². The highest BCUT2D eigenvalue weighted by molar-refractivity contribution is 6.11. The molecule has 0 spiro atoms. The third kappa shape index (κ3) is 3.12. The van der Waals surface area contributed by atoms with E-state index < -0.39 is 0 Å². The number of hydrogen-bond acceptors (Lipinski definition) is 2. The minimum atomic E-state index is 0.922.